The zero-order valence-electron chi connectivity index (χ0n) is 17.1. The molecule has 0 spiro atoms. The quantitative estimate of drug-likeness (QED) is 0.630. The van der Waals surface area contributed by atoms with Gasteiger partial charge < -0.3 is 9.64 Å². The number of hydrogen-bond donors (Lipinski definition) is 0. The molecular weight excluding hydrogens is 413 g/mol. The average molecular weight is 434 g/mol. The Morgan fingerprint density at radius 1 is 1.29 bits per heavy atom. The van der Waals surface area contributed by atoms with Crippen LogP contribution < -0.4 is 10.6 Å². The van der Waals surface area contributed by atoms with Gasteiger partial charge in [-0.05, 0) is 31.9 Å². The van der Waals surface area contributed by atoms with E-state index in [1.54, 1.807) is 0 Å². The number of aryl methyl sites for hydroxylation is 1. The van der Waals surface area contributed by atoms with Crippen molar-refractivity contribution in [3.8, 4) is 0 Å². The second-order valence-electron chi connectivity index (χ2n) is 8.03. The third-order valence-electron chi connectivity index (χ3n) is 6.08. The van der Waals surface area contributed by atoms with E-state index in [-0.39, 0.29) is 24.1 Å². The molecule has 3 aromatic heterocycles. The third-order valence-corrected chi connectivity index (χ3v) is 6.08. The van der Waals surface area contributed by atoms with Gasteiger partial charge in [0.15, 0.2) is 0 Å². The number of anilines is 1. The Balaban J connectivity index is 1.52. The number of fused-ring (bicyclic) bond motifs is 2. The smallest absolute Gasteiger partial charge is 0.376 e. The number of nitrogens with zero attached hydrogens (tertiary/aromatic N) is 6. The molecule has 11 heteroatoms. The van der Waals surface area contributed by atoms with Crippen molar-refractivity contribution in [2.24, 2.45) is 0 Å². The van der Waals surface area contributed by atoms with Gasteiger partial charge in [0, 0.05) is 49.3 Å². The van der Waals surface area contributed by atoms with Gasteiger partial charge in [0.1, 0.15) is 5.82 Å². The zero-order valence-corrected chi connectivity index (χ0v) is 17.1. The molecule has 0 aliphatic carbocycles. The van der Waals surface area contributed by atoms with Gasteiger partial charge in [-0.2, -0.15) is 18.2 Å². The Morgan fingerprint density at radius 3 is 2.74 bits per heavy atom. The summed E-state index contributed by atoms with van der Waals surface area (Å²) in [5.74, 6) is 0.889. The first kappa shape index (κ1) is 20.0. The van der Waals surface area contributed by atoms with Crippen molar-refractivity contribution < 1.29 is 17.9 Å². The van der Waals surface area contributed by atoms with Crippen molar-refractivity contribution in [1.82, 2.24) is 24.1 Å². The largest absolute Gasteiger partial charge is 0.417 e. The van der Waals surface area contributed by atoms with Crippen LogP contribution in [-0.4, -0.2) is 43.4 Å². The molecule has 1 saturated heterocycles. The molecule has 0 aromatic carbocycles. The number of hydrogen-bond acceptors (Lipinski definition) is 6. The van der Waals surface area contributed by atoms with Crippen LogP contribution in [0, 0.1) is 13.8 Å². The first-order valence-corrected chi connectivity index (χ1v) is 10.1. The molecule has 0 bridgehead atoms. The summed E-state index contributed by atoms with van der Waals surface area (Å²) in [5, 5.41) is 4.37. The maximum Gasteiger partial charge on any atom is 0.417 e. The summed E-state index contributed by atoms with van der Waals surface area (Å²) in [6.45, 7) is 5.57. The maximum absolute atomic E-state index is 13.1. The second-order valence-corrected chi connectivity index (χ2v) is 8.03. The van der Waals surface area contributed by atoms with Crippen molar-refractivity contribution >= 4 is 11.6 Å². The van der Waals surface area contributed by atoms with Crippen molar-refractivity contribution in [2.45, 2.75) is 52.1 Å². The molecule has 2 aliphatic rings. The van der Waals surface area contributed by atoms with E-state index < -0.39 is 11.7 Å². The van der Waals surface area contributed by atoms with Crippen molar-refractivity contribution in [2.75, 3.05) is 18.1 Å². The summed E-state index contributed by atoms with van der Waals surface area (Å²) in [6.07, 6.45) is -2.17. The van der Waals surface area contributed by atoms with Crippen LogP contribution in [0.25, 0.3) is 5.78 Å². The topological polar surface area (TPSA) is 77.6 Å². The highest BCUT2D eigenvalue weighted by Gasteiger charge is 2.33. The molecule has 164 valence electrons. The zero-order chi connectivity index (χ0) is 21.9. The van der Waals surface area contributed by atoms with Gasteiger partial charge in [-0.15, -0.1) is 5.10 Å². The number of halogens is 3. The minimum absolute atomic E-state index is 0.0163. The van der Waals surface area contributed by atoms with Crippen LogP contribution >= 0.6 is 0 Å². The van der Waals surface area contributed by atoms with E-state index in [1.165, 1.54) is 9.08 Å². The molecule has 1 atom stereocenters. The highest BCUT2D eigenvalue weighted by Crippen LogP contribution is 2.32. The third kappa shape index (κ3) is 3.36. The fourth-order valence-corrected chi connectivity index (χ4v) is 4.08. The van der Waals surface area contributed by atoms with E-state index in [4.69, 9.17) is 4.74 Å². The van der Waals surface area contributed by atoms with Gasteiger partial charge in [-0.1, -0.05) is 0 Å². The Morgan fingerprint density at radius 2 is 2.06 bits per heavy atom. The van der Waals surface area contributed by atoms with Crippen LogP contribution in [0.1, 0.15) is 34.5 Å². The fraction of sp³-hybridized carbons (Fsp3) is 0.500. The molecule has 0 saturated carbocycles. The lowest BCUT2D eigenvalue weighted by Crippen LogP contribution is -2.36. The Hall–Kier alpha value is -2.95. The van der Waals surface area contributed by atoms with Gasteiger partial charge in [0.25, 0.3) is 5.78 Å². The fourth-order valence-electron chi connectivity index (χ4n) is 4.08. The minimum Gasteiger partial charge on any atom is -0.376 e. The van der Waals surface area contributed by atoms with E-state index in [0.717, 1.165) is 24.2 Å². The van der Waals surface area contributed by atoms with Gasteiger partial charge in [0.05, 0.1) is 18.2 Å². The van der Waals surface area contributed by atoms with Crippen LogP contribution in [-0.2, 0) is 30.4 Å². The lowest BCUT2D eigenvalue weighted by molar-refractivity contribution is -0.137. The molecular formula is C20H21F3N6O2. The molecule has 0 amide bonds. The predicted octanol–water partition coefficient (Wildman–Crippen LogP) is 2.27. The van der Waals surface area contributed by atoms with E-state index in [0.29, 0.717) is 48.9 Å². The summed E-state index contributed by atoms with van der Waals surface area (Å²) < 4.78 is 47.6. The molecule has 0 N–H and O–H groups in total. The van der Waals surface area contributed by atoms with Gasteiger partial charge in [-0.3, -0.25) is 4.98 Å². The molecule has 1 fully saturated rings. The van der Waals surface area contributed by atoms with Crippen molar-refractivity contribution in [3.05, 3.63) is 50.8 Å². The summed E-state index contributed by atoms with van der Waals surface area (Å²) in [7, 11) is 0. The second kappa shape index (κ2) is 7.04. The van der Waals surface area contributed by atoms with Crippen LogP contribution in [0.15, 0.2) is 17.1 Å². The number of aromatic nitrogens is 5. The molecule has 31 heavy (non-hydrogen) atoms. The van der Waals surface area contributed by atoms with Crippen molar-refractivity contribution in [1.29, 1.82) is 0 Å². The normalized spacial score (nSPS) is 18.9. The number of rotatable bonds is 3. The summed E-state index contributed by atoms with van der Waals surface area (Å²) in [4.78, 5) is 23.4. The van der Waals surface area contributed by atoms with Crippen LogP contribution in [0.5, 0.6) is 0 Å². The van der Waals surface area contributed by atoms with Crippen molar-refractivity contribution in [3.63, 3.8) is 0 Å². The lowest BCUT2D eigenvalue weighted by atomic mass is 10.0. The standard InChI is InChI=1S/C20H21F3N6O2/c1-11-12(2)29-18(26-28(19(29)30)10-15-4-6-31-15)25-17(11)27-5-3-16-13(9-27)7-14(8-24-16)20(21,22)23/h7-8,15H,3-6,9-10H2,1-2H3. The predicted molar refractivity (Wildman–Crippen MR) is 105 cm³/mol. The summed E-state index contributed by atoms with van der Waals surface area (Å²) in [5.41, 5.74) is 1.67. The first-order chi connectivity index (χ1) is 14.7. The number of ether oxygens (including phenoxy) is 1. The minimum atomic E-state index is -4.44. The molecule has 2 aliphatic heterocycles. The SMILES string of the molecule is Cc1c(N2CCc3ncc(C(F)(F)F)cc3C2)nc2nn(CC3CCO3)c(=O)n2c1C. The van der Waals surface area contributed by atoms with Gasteiger partial charge in [0.2, 0.25) is 0 Å². The van der Waals surface area contributed by atoms with E-state index in [2.05, 4.69) is 15.1 Å². The molecule has 3 aromatic rings. The van der Waals surface area contributed by atoms with E-state index in [9.17, 15) is 18.0 Å². The molecule has 5 rings (SSSR count). The van der Waals surface area contributed by atoms with E-state index in [1.807, 2.05) is 18.7 Å². The van der Waals surface area contributed by atoms with E-state index >= 15 is 0 Å². The molecule has 1 unspecified atom stereocenters. The molecule has 5 heterocycles. The Kier molecular flexibility index (Phi) is 4.54. The monoisotopic (exact) mass is 434 g/mol. The highest BCUT2D eigenvalue weighted by molar-refractivity contribution is 5.55. The Labute approximate surface area is 175 Å². The lowest BCUT2D eigenvalue weighted by Gasteiger charge is -2.31. The van der Waals surface area contributed by atoms with Crippen LogP contribution in [0.3, 0.4) is 0 Å². The average Bonchev–Trinajstić information content (AvgIpc) is 3.01. The Bertz CT molecular complexity index is 1230. The maximum atomic E-state index is 13.1. The van der Waals surface area contributed by atoms with Crippen LogP contribution in [0.4, 0.5) is 19.0 Å². The summed E-state index contributed by atoms with van der Waals surface area (Å²) in [6, 6.07) is 1.16. The first-order valence-electron chi connectivity index (χ1n) is 10.1. The van der Waals surface area contributed by atoms with Crippen LogP contribution in [0.2, 0.25) is 0 Å². The molecule has 8 nitrogen and oxygen atoms in total. The van der Waals surface area contributed by atoms with Gasteiger partial charge in [-0.25, -0.2) is 13.9 Å². The molecule has 0 radical (unpaired) electrons. The summed E-state index contributed by atoms with van der Waals surface area (Å²) >= 11 is 0. The number of pyridine rings is 1. The highest BCUT2D eigenvalue weighted by atomic mass is 19.4. The van der Waals surface area contributed by atoms with Gasteiger partial charge >= 0.3 is 11.9 Å². The number of alkyl halides is 3.